The number of hydrogen-bond acceptors (Lipinski definition) is 10. The van der Waals surface area contributed by atoms with E-state index in [0.717, 1.165) is 42.6 Å². The van der Waals surface area contributed by atoms with Gasteiger partial charge in [-0.05, 0) is 31.5 Å². The molecule has 2 aromatic rings. The van der Waals surface area contributed by atoms with Gasteiger partial charge in [0.05, 0.1) is 17.7 Å². The van der Waals surface area contributed by atoms with Gasteiger partial charge < -0.3 is 34.2 Å². The molecule has 4 heterocycles. The van der Waals surface area contributed by atoms with Gasteiger partial charge >= 0.3 is 0 Å². The quantitative estimate of drug-likeness (QED) is 0.435. The number of amides is 2. The summed E-state index contributed by atoms with van der Waals surface area (Å²) >= 11 is 1.63. The molecule has 0 aliphatic carbocycles. The van der Waals surface area contributed by atoms with Crippen molar-refractivity contribution in [2.45, 2.75) is 44.2 Å². The number of nitrogens with zero attached hydrogens (tertiary/aromatic N) is 5. The van der Waals surface area contributed by atoms with Crippen molar-refractivity contribution in [3.8, 4) is 17.3 Å². The molecule has 1 N–H and O–H groups in total. The van der Waals surface area contributed by atoms with E-state index in [0.29, 0.717) is 12.0 Å². The topological polar surface area (TPSA) is 120 Å². The Morgan fingerprint density at radius 1 is 1.19 bits per heavy atom. The third-order valence-corrected chi connectivity index (χ3v) is 9.43. The van der Waals surface area contributed by atoms with Gasteiger partial charge in [0.1, 0.15) is 24.8 Å². The number of nitriles is 1. The Labute approximate surface area is 251 Å². The maximum atomic E-state index is 14.0. The van der Waals surface area contributed by atoms with Gasteiger partial charge in [-0.2, -0.15) is 5.26 Å². The molecule has 11 nitrogen and oxygen atoms in total. The molecule has 12 heteroatoms. The normalized spacial score (nSPS) is 24.5. The minimum Gasteiger partial charge on any atom is -0.369 e. The lowest BCUT2D eigenvalue weighted by Gasteiger charge is -2.37. The number of likely N-dealkylation sites (tertiary alicyclic amines) is 1. The number of fused-ring (bicyclic) bond motifs is 1. The summed E-state index contributed by atoms with van der Waals surface area (Å²) in [6.07, 6.45) is -0.0839. The van der Waals surface area contributed by atoms with Crippen LogP contribution in [-0.2, 0) is 19.0 Å². The predicted octanol–water partition coefficient (Wildman–Crippen LogP) is 2.44. The summed E-state index contributed by atoms with van der Waals surface area (Å²) in [5.41, 5.74) is 2.26. The number of anilines is 1. The first-order valence-corrected chi connectivity index (χ1v) is 15.3. The van der Waals surface area contributed by atoms with Crippen molar-refractivity contribution in [2.24, 2.45) is 11.8 Å². The summed E-state index contributed by atoms with van der Waals surface area (Å²) in [6.45, 7) is 8.25. The van der Waals surface area contributed by atoms with Crippen molar-refractivity contribution in [2.75, 3.05) is 65.5 Å². The number of ether oxygens (including phenoxy) is 3. The molecule has 3 saturated heterocycles. The van der Waals surface area contributed by atoms with Crippen LogP contribution in [-0.4, -0.2) is 111 Å². The van der Waals surface area contributed by atoms with E-state index in [1.54, 1.807) is 28.4 Å². The van der Waals surface area contributed by atoms with E-state index in [1.807, 2.05) is 31.4 Å². The van der Waals surface area contributed by atoms with Crippen molar-refractivity contribution in [3.05, 3.63) is 35.2 Å². The van der Waals surface area contributed by atoms with Crippen LogP contribution in [0.1, 0.15) is 30.6 Å². The molecule has 2 unspecified atom stereocenters. The summed E-state index contributed by atoms with van der Waals surface area (Å²) < 4.78 is 17.3. The number of likely N-dealkylation sites (N-methyl/N-ethyl adjacent to an activating group) is 1. The lowest BCUT2D eigenvalue weighted by molar-refractivity contribution is -0.227. The number of hydrogen-bond donors (Lipinski definition) is 1. The van der Waals surface area contributed by atoms with Gasteiger partial charge in [0.2, 0.25) is 11.7 Å². The van der Waals surface area contributed by atoms with Crippen LogP contribution in [0.5, 0.6) is 0 Å². The van der Waals surface area contributed by atoms with Crippen LogP contribution in [0.15, 0.2) is 29.6 Å². The van der Waals surface area contributed by atoms with E-state index in [2.05, 4.69) is 28.2 Å². The Bertz CT molecular complexity index is 1300. The van der Waals surface area contributed by atoms with Gasteiger partial charge in [-0.3, -0.25) is 9.59 Å². The highest BCUT2D eigenvalue weighted by atomic mass is 32.1. The lowest BCUT2D eigenvalue weighted by Crippen LogP contribution is -2.58. The standard InChI is InChI=1S/C30H40N6O5S/c1-19(2)14-23(28(38)36-16-22(15-31)25-26(36)30(39-4,40-5)18-41-25)32-27(37)21-8-6-20(7-9-21)24-17-42-29(33-24)35-12-10-34(3)11-13-35/h6-9,17,19,22-23,25-26H,10-14,16,18H2,1-5H3,(H,32,37)/t22?,23?,25-,26+/m1/s1. The van der Waals surface area contributed by atoms with E-state index in [-0.39, 0.29) is 30.9 Å². The summed E-state index contributed by atoms with van der Waals surface area (Å²) in [5, 5.41) is 15.8. The van der Waals surface area contributed by atoms with E-state index in [4.69, 9.17) is 19.2 Å². The van der Waals surface area contributed by atoms with Crippen LogP contribution < -0.4 is 10.2 Å². The van der Waals surface area contributed by atoms with Crippen molar-refractivity contribution in [1.82, 2.24) is 20.1 Å². The molecular formula is C30H40N6O5S. The molecule has 3 aliphatic rings. The Balaban J connectivity index is 1.29. The molecule has 42 heavy (non-hydrogen) atoms. The van der Waals surface area contributed by atoms with Gasteiger partial charge in [0.15, 0.2) is 5.13 Å². The van der Waals surface area contributed by atoms with E-state index in [9.17, 15) is 14.9 Å². The maximum absolute atomic E-state index is 14.0. The second-order valence-electron chi connectivity index (χ2n) is 11.7. The zero-order chi connectivity index (χ0) is 30.0. The number of carbonyl (C=O) groups excluding carboxylic acids is 2. The van der Waals surface area contributed by atoms with Gasteiger partial charge in [-0.25, -0.2) is 4.98 Å². The van der Waals surface area contributed by atoms with E-state index >= 15 is 0 Å². The highest BCUT2D eigenvalue weighted by Crippen LogP contribution is 2.41. The van der Waals surface area contributed by atoms with Crippen molar-refractivity contribution in [1.29, 1.82) is 5.26 Å². The number of benzene rings is 1. The first kappa shape index (κ1) is 30.4. The van der Waals surface area contributed by atoms with E-state index in [1.165, 1.54) is 14.2 Å². The Hall–Kier alpha value is -3.08. The number of nitrogens with one attached hydrogen (secondary N) is 1. The number of carbonyl (C=O) groups is 2. The maximum Gasteiger partial charge on any atom is 0.251 e. The number of methoxy groups -OCH3 is 2. The second kappa shape index (κ2) is 12.7. The highest BCUT2D eigenvalue weighted by Gasteiger charge is 2.62. The van der Waals surface area contributed by atoms with Gasteiger partial charge in [-0.15, -0.1) is 11.3 Å². The van der Waals surface area contributed by atoms with Gasteiger partial charge in [-0.1, -0.05) is 26.0 Å². The molecule has 1 aromatic carbocycles. The molecule has 5 rings (SSSR count). The molecule has 226 valence electrons. The minimum absolute atomic E-state index is 0.112. The number of aromatic nitrogens is 1. The predicted molar refractivity (Wildman–Crippen MR) is 159 cm³/mol. The van der Waals surface area contributed by atoms with Crippen LogP contribution in [0.4, 0.5) is 5.13 Å². The lowest BCUT2D eigenvalue weighted by atomic mass is 9.98. The Kier molecular flexibility index (Phi) is 9.15. The van der Waals surface area contributed by atoms with Crippen LogP contribution in [0.2, 0.25) is 0 Å². The smallest absolute Gasteiger partial charge is 0.251 e. The molecule has 0 saturated carbocycles. The zero-order valence-electron chi connectivity index (χ0n) is 24.9. The monoisotopic (exact) mass is 596 g/mol. The molecule has 2 amide bonds. The molecule has 0 radical (unpaired) electrons. The molecule has 4 atom stereocenters. The highest BCUT2D eigenvalue weighted by molar-refractivity contribution is 7.14. The largest absolute Gasteiger partial charge is 0.369 e. The minimum atomic E-state index is -1.17. The van der Waals surface area contributed by atoms with Crippen molar-refractivity contribution in [3.63, 3.8) is 0 Å². The van der Waals surface area contributed by atoms with Crippen molar-refractivity contribution >= 4 is 28.3 Å². The number of thiazole rings is 1. The van der Waals surface area contributed by atoms with Gasteiger partial charge in [0, 0.05) is 63.5 Å². The molecule has 3 aliphatic heterocycles. The fourth-order valence-electron chi connectivity index (χ4n) is 6.07. The van der Waals surface area contributed by atoms with Crippen LogP contribution >= 0.6 is 11.3 Å². The average Bonchev–Trinajstić information content (AvgIpc) is 3.72. The van der Waals surface area contributed by atoms with Gasteiger partial charge in [0.25, 0.3) is 5.91 Å². The zero-order valence-corrected chi connectivity index (χ0v) is 25.7. The SMILES string of the molecule is COC1(OC)CO[C@@H]2C(C#N)CN(C(=O)C(CC(C)C)NC(=O)c3ccc(-c4csc(N5CCN(C)CC5)n4)cc3)[C@@H]21. The number of piperazine rings is 1. The third kappa shape index (κ3) is 5.89. The van der Waals surface area contributed by atoms with Crippen LogP contribution in [0, 0.1) is 23.2 Å². The van der Waals surface area contributed by atoms with E-state index < -0.39 is 29.9 Å². The van der Waals surface area contributed by atoms with Crippen LogP contribution in [0.3, 0.4) is 0 Å². The summed E-state index contributed by atoms with van der Waals surface area (Å²) in [7, 11) is 5.15. The summed E-state index contributed by atoms with van der Waals surface area (Å²) in [6, 6.07) is 8.20. The summed E-state index contributed by atoms with van der Waals surface area (Å²) in [4.78, 5) is 38.4. The molecule has 0 spiro atoms. The average molecular weight is 597 g/mol. The van der Waals surface area contributed by atoms with Crippen LogP contribution in [0.25, 0.3) is 11.3 Å². The Morgan fingerprint density at radius 3 is 2.50 bits per heavy atom. The molecule has 1 aromatic heterocycles. The second-order valence-corrected chi connectivity index (χ2v) is 12.5. The first-order valence-electron chi connectivity index (χ1n) is 14.4. The third-order valence-electron chi connectivity index (χ3n) is 8.52. The fourth-order valence-corrected chi connectivity index (χ4v) is 6.96. The molecule has 3 fully saturated rings. The molecule has 0 bridgehead atoms. The van der Waals surface area contributed by atoms with Crippen molar-refractivity contribution < 1.29 is 23.8 Å². The first-order chi connectivity index (χ1) is 20.2. The Morgan fingerprint density at radius 2 is 1.88 bits per heavy atom. The number of rotatable bonds is 9. The summed E-state index contributed by atoms with van der Waals surface area (Å²) in [5.74, 6) is -2.16. The molecular weight excluding hydrogens is 556 g/mol. The fraction of sp³-hybridized carbons (Fsp3) is 0.600.